The first kappa shape index (κ1) is 12.4. The highest BCUT2D eigenvalue weighted by Crippen LogP contribution is 2.28. The molecule has 5 heteroatoms. The number of nitrogens with zero attached hydrogens (tertiary/aromatic N) is 1. The van der Waals surface area contributed by atoms with Crippen molar-refractivity contribution in [1.82, 2.24) is 4.98 Å². The number of halogens is 1. The van der Waals surface area contributed by atoms with Crippen LogP contribution < -0.4 is 5.73 Å². The Labute approximate surface area is 108 Å². The smallest absolute Gasteiger partial charge is 0.125 e. The zero-order valence-electron chi connectivity index (χ0n) is 9.44. The van der Waals surface area contributed by atoms with Crippen LogP contribution in [0, 0.1) is 5.82 Å². The number of benzene rings is 1. The maximum Gasteiger partial charge on any atom is 0.125 e. The number of nitrogen functional groups attached to an aromatic ring is 1. The molecule has 1 aromatic carbocycles. The molecule has 0 saturated carbocycles. The van der Waals surface area contributed by atoms with Gasteiger partial charge in [-0.25, -0.2) is 9.37 Å². The van der Waals surface area contributed by atoms with Gasteiger partial charge in [-0.3, -0.25) is 0 Å². The van der Waals surface area contributed by atoms with Gasteiger partial charge in [-0.15, -0.1) is 23.1 Å². The van der Waals surface area contributed by atoms with Gasteiger partial charge in [-0.2, -0.15) is 0 Å². The first-order chi connectivity index (χ1) is 8.19. The van der Waals surface area contributed by atoms with Crippen molar-refractivity contribution in [2.45, 2.75) is 24.0 Å². The fourth-order valence-electron chi connectivity index (χ4n) is 1.38. The molecule has 0 spiro atoms. The molecule has 0 aliphatic rings. The fourth-order valence-corrected chi connectivity index (χ4v) is 3.07. The monoisotopic (exact) mass is 268 g/mol. The molecule has 0 saturated heterocycles. The summed E-state index contributed by atoms with van der Waals surface area (Å²) >= 11 is 3.26. The normalized spacial score (nSPS) is 10.7. The largest absolute Gasteiger partial charge is 0.398 e. The standard InChI is InChI=1S/C12H13FN2S2/c1-2-12-15-9(7-17-12)6-16-11-4-3-8(13)5-10(11)14/h3-5,7H,2,6,14H2,1H3. The molecule has 0 unspecified atom stereocenters. The van der Waals surface area contributed by atoms with Crippen molar-refractivity contribution < 1.29 is 4.39 Å². The third-order valence-corrected chi connectivity index (χ3v) is 4.41. The summed E-state index contributed by atoms with van der Waals surface area (Å²) in [5, 5.41) is 3.21. The Bertz CT molecular complexity index is 511. The summed E-state index contributed by atoms with van der Waals surface area (Å²) in [7, 11) is 0. The molecule has 17 heavy (non-hydrogen) atoms. The van der Waals surface area contributed by atoms with Crippen LogP contribution in [0.4, 0.5) is 10.1 Å². The molecule has 0 radical (unpaired) electrons. The molecule has 0 aliphatic heterocycles. The molecule has 2 aromatic rings. The topological polar surface area (TPSA) is 38.9 Å². The number of hydrogen-bond acceptors (Lipinski definition) is 4. The van der Waals surface area contributed by atoms with E-state index in [0.29, 0.717) is 5.69 Å². The van der Waals surface area contributed by atoms with E-state index in [0.717, 1.165) is 27.8 Å². The Morgan fingerprint density at radius 2 is 2.29 bits per heavy atom. The highest BCUT2D eigenvalue weighted by Gasteiger charge is 2.04. The van der Waals surface area contributed by atoms with Crippen LogP contribution in [-0.2, 0) is 12.2 Å². The van der Waals surface area contributed by atoms with Crippen molar-refractivity contribution in [3.8, 4) is 0 Å². The van der Waals surface area contributed by atoms with E-state index in [-0.39, 0.29) is 5.82 Å². The summed E-state index contributed by atoms with van der Waals surface area (Å²) in [6.07, 6.45) is 0.966. The Balaban J connectivity index is 2.02. The van der Waals surface area contributed by atoms with Gasteiger partial charge in [0.05, 0.1) is 10.7 Å². The van der Waals surface area contributed by atoms with Crippen LogP contribution in [0.1, 0.15) is 17.6 Å². The van der Waals surface area contributed by atoms with Crippen LogP contribution in [0.25, 0.3) is 0 Å². The molecule has 2 N–H and O–H groups in total. The Kier molecular flexibility index (Phi) is 4.02. The SMILES string of the molecule is CCc1nc(CSc2ccc(F)cc2N)cs1. The summed E-state index contributed by atoms with van der Waals surface area (Å²) in [4.78, 5) is 5.37. The highest BCUT2D eigenvalue weighted by atomic mass is 32.2. The number of thioether (sulfide) groups is 1. The van der Waals surface area contributed by atoms with E-state index in [1.807, 2.05) is 0 Å². The van der Waals surface area contributed by atoms with Gasteiger partial charge in [0.2, 0.25) is 0 Å². The maximum atomic E-state index is 12.9. The van der Waals surface area contributed by atoms with E-state index in [1.165, 1.54) is 12.1 Å². The fraction of sp³-hybridized carbons (Fsp3) is 0.250. The number of anilines is 1. The first-order valence-corrected chi connectivity index (χ1v) is 7.16. The van der Waals surface area contributed by atoms with Crippen LogP contribution in [-0.4, -0.2) is 4.98 Å². The summed E-state index contributed by atoms with van der Waals surface area (Å²) in [6, 6.07) is 4.49. The zero-order valence-corrected chi connectivity index (χ0v) is 11.1. The number of aromatic nitrogens is 1. The van der Waals surface area contributed by atoms with Gasteiger partial charge < -0.3 is 5.73 Å². The van der Waals surface area contributed by atoms with E-state index < -0.39 is 0 Å². The van der Waals surface area contributed by atoms with Crippen LogP contribution in [0.3, 0.4) is 0 Å². The molecular formula is C12H13FN2S2. The quantitative estimate of drug-likeness (QED) is 0.678. The van der Waals surface area contributed by atoms with Gasteiger partial charge in [0.15, 0.2) is 0 Å². The molecule has 0 aliphatic carbocycles. The zero-order chi connectivity index (χ0) is 12.3. The van der Waals surface area contributed by atoms with E-state index in [1.54, 1.807) is 29.2 Å². The molecule has 0 amide bonds. The van der Waals surface area contributed by atoms with Crippen molar-refractivity contribution in [2.75, 3.05) is 5.73 Å². The van der Waals surface area contributed by atoms with Crippen molar-refractivity contribution in [2.24, 2.45) is 0 Å². The minimum absolute atomic E-state index is 0.297. The van der Waals surface area contributed by atoms with E-state index in [4.69, 9.17) is 5.73 Å². The number of rotatable bonds is 4. The van der Waals surface area contributed by atoms with Crippen molar-refractivity contribution in [3.05, 3.63) is 40.1 Å². The minimum Gasteiger partial charge on any atom is -0.398 e. The number of thiazole rings is 1. The van der Waals surface area contributed by atoms with Gasteiger partial charge in [0.25, 0.3) is 0 Å². The lowest BCUT2D eigenvalue weighted by atomic mass is 10.3. The molecule has 2 rings (SSSR count). The predicted octanol–water partition coefficient (Wildman–Crippen LogP) is 3.72. The van der Waals surface area contributed by atoms with Crippen LogP contribution in [0.2, 0.25) is 0 Å². The van der Waals surface area contributed by atoms with Crippen LogP contribution in [0.5, 0.6) is 0 Å². The van der Waals surface area contributed by atoms with Gasteiger partial charge in [0.1, 0.15) is 5.82 Å². The van der Waals surface area contributed by atoms with Gasteiger partial charge >= 0.3 is 0 Å². The van der Waals surface area contributed by atoms with Gasteiger partial charge in [-0.1, -0.05) is 6.92 Å². The van der Waals surface area contributed by atoms with E-state index in [9.17, 15) is 4.39 Å². The second-order valence-corrected chi connectivity index (χ2v) is 5.52. The molecule has 90 valence electrons. The molecule has 2 nitrogen and oxygen atoms in total. The minimum atomic E-state index is -0.297. The molecule has 0 fully saturated rings. The number of hydrogen-bond donors (Lipinski definition) is 1. The molecule has 1 aromatic heterocycles. The van der Waals surface area contributed by atoms with E-state index >= 15 is 0 Å². The molecule has 0 bridgehead atoms. The average molecular weight is 268 g/mol. The molecular weight excluding hydrogens is 255 g/mol. The number of aryl methyl sites for hydroxylation is 1. The first-order valence-electron chi connectivity index (χ1n) is 5.30. The molecule has 1 heterocycles. The lowest BCUT2D eigenvalue weighted by Crippen LogP contribution is -1.90. The van der Waals surface area contributed by atoms with Gasteiger partial charge in [0, 0.05) is 21.7 Å². The predicted molar refractivity (Wildman–Crippen MR) is 71.9 cm³/mol. The Morgan fingerprint density at radius 1 is 1.47 bits per heavy atom. The third kappa shape index (κ3) is 3.20. The lowest BCUT2D eigenvalue weighted by molar-refractivity contribution is 0.627. The van der Waals surface area contributed by atoms with Crippen LogP contribution in [0.15, 0.2) is 28.5 Å². The van der Waals surface area contributed by atoms with Crippen molar-refractivity contribution in [3.63, 3.8) is 0 Å². The van der Waals surface area contributed by atoms with E-state index in [2.05, 4.69) is 17.3 Å². The summed E-state index contributed by atoms with van der Waals surface area (Å²) in [6.45, 7) is 2.09. The molecule has 0 atom stereocenters. The summed E-state index contributed by atoms with van der Waals surface area (Å²) in [5.41, 5.74) is 7.28. The maximum absolute atomic E-state index is 12.9. The van der Waals surface area contributed by atoms with Crippen LogP contribution >= 0.6 is 23.1 Å². The summed E-state index contributed by atoms with van der Waals surface area (Å²) in [5.74, 6) is 0.473. The Morgan fingerprint density at radius 3 is 2.94 bits per heavy atom. The Hall–Kier alpha value is -1.07. The second kappa shape index (κ2) is 5.51. The highest BCUT2D eigenvalue weighted by molar-refractivity contribution is 7.98. The average Bonchev–Trinajstić information content (AvgIpc) is 2.76. The lowest BCUT2D eigenvalue weighted by Gasteiger charge is -2.03. The van der Waals surface area contributed by atoms with Crippen molar-refractivity contribution >= 4 is 28.8 Å². The summed E-state index contributed by atoms with van der Waals surface area (Å²) < 4.78 is 12.9. The number of nitrogens with two attached hydrogens (primary N) is 1. The van der Waals surface area contributed by atoms with Crippen molar-refractivity contribution in [1.29, 1.82) is 0 Å². The third-order valence-electron chi connectivity index (χ3n) is 2.25. The second-order valence-electron chi connectivity index (χ2n) is 3.56. The van der Waals surface area contributed by atoms with Gasteiger partial charge in [-0.05, 0) is 24.6 Å².